The molecule has 0 aliphatic carbocycles. The summed E-state index contributed by atoms with van der Waals surface area (Å²) < 4.78 is 59.8. The second-order valence-electron chi connectivity index (χ2n) is 5.39. The lowest BCUT2D eigenvalue weighted by Crippen LogP contribution is -2.46. The largest absolute Gasteiger partial charge is 0.707 e. The number of hydrogen-bond donors (Lipinski definition) is 2. The third-order valence-corrected chi connectivity index (χ3v) is 6.67. The Bertz CT molecular complexity index is 497. The van der Waals surface area contributed by atoms with Gasteiger partial charge >= 0.3 is 7.32 Å². The average Bonchev–Trinajstić information content (AvgIpc) is 2.39. The summed E-state index contributed by atoms with van der Waals surface area (Å²) in [5.41, 5.74) is 0. The molecule has 0 saturated heterocycles. The van der Waals surface area contributed by atoms with Crippen molar-refractivity contribution in [2.45, 2.75) is 38.9 Å². The molecular formula is C12H17BF4O3Si. The molecule has 118 valence electrons. The molecule has 0 atom stereocenters. The molecular weight excluding hydrogens is 307 g/mol. The Morgan fingerprint density at radius 3 is 1.86 bits per heavy atom. The lowest BCUT2D eigenvalue weighted by molar-refractivity contribution is 0.269. The zero-order valence-electron chi connectivity index (χ0n) is 12.0. The number of halogens is 4. The molecule has 0 fully saturated rings. The first kappa shape index (κ1) is 18.0. The van der Waals surface area contributed by atoms with Crippen molar-refractivity contribution in [3.8, 4) is 5.75 Å². The van der Waals surface area contributed by atoms with E-state index >= 15 is 0 Å². The van der Waals surface area contributed by atoms with E-state index in [4.69, 9.17) is 10.0 Å². The Morgan fingerprint density at radius 2 is 1.48 bits per heavy atom. The fourth-order valence-corrected chi connectivity index (χ4v) is 5.05. The lowest BCUT2D eigenvalue weighted by atomic mass is 10.2. The summed E-state index contributed by atoms with van der Waals surface area (Å²) >= 11 is 0. The lowest BCUT2D eigenvalue weighted by Gasteiger charge is -2.25. The van der Waals surface area contributed by atoms with Crippen molar-refractivity contribution in [1.29, 1.82) is 0 Å². The van der Waals surface area contributed by atoms with Crippen LogP contribution in [0.1, 0.15) is 19.8 Å². The first-order chi connectivity index (χ1) is 9.63. The third-order valence-electron chi connectivity index (χ3n) is 3.28. The van der Waals surface area contributed by atoms with Crippen LogP contribution in [0.3, 0.4) is 0 Å². The van der Waals surface area contributed by atoms with Gasteiger partial charge in [0.05, 0.1) is 8.07 Å². The molecule has 9 heteroatoms. The van der Waals surface area contributed by atoms with E-state index in [-0.39, 0.29) is 0 Å². The summed E-state index contributed by atoms with van der Waals surface area (Å²) in [6.07, 6.45) is 1.48. The van der Waals surface area contributed by atoms with Crippen molar-refractivity contribution in [1.82, 2.24) is 0 Å². The van der Waals surface area contributed by atoms with Crippen molar-refractivity contribution in [2.24, 2.45) is 0 Å². The maximum Gasteiger partial charge on any atom is 0.707 e. The van der Waals surface area contributed by atoms with Gasteiger partial charge < -0.3 is 14.7 Å². The van der Waals surface area contributed by atoms with Gasteiger partial charge in [0.2, 0.25) is 11.6 Å². The minimum atomic E-state index is -2.73. The molecule has 1 aromatic carbocycles. The van der Waals surface area contributed by atoms with Crippen LogP contribution in [0.5, 0.6) is 5.75 Å². The van der Waals surface area contributed by atoms with Gasteiger partial charge in [0.1, 0.15) is 0 Å². The smallest absolute Gasteiger partial charge is 0.507 e. The quantitative estimate of drug-likeness (QED) is 0.480. The molecule has 0 saturated carbocycles. The zero-order valence-corrected chi connectivity index (χ0v) is 13.0. The van der Waals surface area contributed by atoms with E-state index in [0.717, 1.165) is 6.42 Å². The molecule has 3 nitrogen and oxygen atoms in total. The summed E-state index contributed by atoms with van der Waals surface area (Å²) in [6.45, 7) is 5.13. The molecule has 0 aliphatic rings. The first-order valence-electron chi connectivity index (χ1n) is 6.52. The molecule has 0 amide bonds. The Morgan fingerprint density at radius 1 is 1.00 bits per heavy atom. The van der Waals surface area contributed by atoms with Crippen LogP contribution in [-0.4, -0.2) is 25.4 Å². The van der Waals surface area contributed by atoms with Gasteiger partial charge in [-0.05, 0) is 0 Å². The number of hydrogen-bond acceptors (Lipinski definition) is 3. The Balaban J connectivity index is 3.43. The molecule has 2 N–H and O–H groups in total. The Hall–Kier alpha value is -1.06. The van der Waals surface area contributed by atoms with Crippen LogP contribution in [0.4, 0.5) is 17.6 Å². The summed E-state index contributed by atoms with van der Waals surface area (Å²) in [5, 5.41) is 16.5. The highest BCUT2D eigenvalue weighted by atomic mass is 28.3. The Labute approximate surface area is 121 Å². The van der Waals surface area contributed by atoms with Crippen molar-refractivity contribution in [3.05, 3.63) is 23.3 Å². The fourth-order valence-electron chi connectivity index (χ4n) is 2.16. The molecule has 0 unspecified atom stereocenters. The second-order valence-corrected chi connectivity index (χ2v) is 10.2. The van der Waals surface area contributed by atoms with Crippen LogP contribution in [0.2, 0.25) is 19.1 Å². The van der Waals surface area contributed by atoms with Crippen LogP contribution in [0, 0.1) is 23.3 Å². The molecule has 0 radical (unpaired) electrons. The maximum absolute atomic E-state index is 14.1. The normalized spacial score (nSPS) is 11.7. The van der Waals surface area contributed by atoms with Crippen LogP contribution in [0.25, 0.3) is 0 Å². The Kier molecular flexibility index (Phi) is 5.83. The third kappa shape index (κ3) is 3.78. The van der Waals surface area contributed by atoms with Gasteiger partial charge in [-0.1, -0.05) is 38.9 Å². The van der Waals surface area contributed by atoms with Gasteiger partial charge in [0.15, 0.2) is 17.4 Å². The maximum atomic E-state index is 14.1. The highest BCUT2D eigenvalue weighted by Gasteiger charge is 2.37. The van der Waals surface area contributed by atoms with Gasteiger partial charge in [-0.25, -0.2) is 8.78 Å². The molecule has 0 aliphatic heterocycles. The van der Waals surface area contributed by atoms with Crippen molar-refractivity contribution in [3.63, 3.8) is 0 Å². The molecule has 0 heterocycles. The summed E-state index contributed by atoms with van der Waals surface area (Å²) in [7, 11) is -5.31. The van der Waals surface area contributed by atoms with Crippen LogP contribution >= 0.6 is 0 Å². The van der Waals surface area contributed by atoms with E-state index in [1.54, 1.807) is 13.1 Å². The van der Waals surface area contributed by atoms with E-state index in [1.807, 2.05) is 6.92 Å². The van der Waals surface area contributed by atoms with Crippen LogP contribution in [0.15, 0.2) is 0 Å². The fraction of sp³-hybridized carbons (Fsp3) is 0.500. The monoisotopic (exact) mass is 324 g/mol. The van der Waals surface area contributed by atoms with E-state index < -0.39 is 49.6 Å². The molecule has 1 rings (SSSR count). The van der Waals surface area contributed by atoms with Crippen molar-refractivity contribution >= 4 is 20.6 Å². The van der Waals surface area contributed by atoms with E-state index in [1.165, 1.54) is 0 Å². The predicted molar refractivity (Wildman–Crippen MR) is 73.9 cm³/mol. The summed E-state index contributed by atoms with van der Waals surface area (Å²) in [5.74, 6) is -8.04. The number of rotatable bonds is 6. The van der Waals surface area contributed by atoms with Gasteiger partial charge in [0, 0.05) is 5.19 Å². The van der Waals surface area contributed by atoms with Crippen LogP contribution in [-0.2, 0) is 0 Å². The number of unbranched alkanes of at least 4 members (excludes halogenated alkanes) is 1. The average molecular weight is 324 g/mol. The van der Waals surface area contributed by atoms with E-state index in [9.17, 15) is 17.6 Å². The zero-order chi connectivity index (χ0) is 16.4. The topological polar surface area (TPSA) is 49.7 Å². The van der Waals surface area contributed by atoms with Gasteiger partial charge in [0.25, 0.3) is 0 Å². The van der Waals surface area contributed by atoms with Crippen molar-refractivity contribution in [2.75, 3.05) is 0 Å². The summed E-state index contributed by atoms with van der Waals surface area (Å²) in [4.78, 5) is 0. The van der Waals surface area contributed by atoms with E-state index in [2.05, 4.69) is 4.65 Å². The van der Waals surface area contributed by atoms with E-state index in [0.29, 0.717) is 12.5 Å². The van der Waals surface area contributed by atoms with Crippen molar-refractivity contribution < 1.29 is 32.3 Å². The van der Waals surface area contributed by atoms with Gasteiger partial charge in [-0.15, -0.1) is 0 Å². The highest BCUT2D eigenvalue weighted by Crippen LogP contribution is 2.28. The molecule has 0 spiro atoms. The standard InChI is InChI=1S/C12H17BF4O3Si/c1-4-5-6-21(2,3)12-9(16)7(14)11(20-13(18)19)8(15)10(12)17/h18-19H,4-6H2,1-3H3. The first-order valence-corrected chi connectivity index (χ1v) is 9.73. The highest BCUT2D eigenvalue weighted by molar-refractivity contribution is 6.89. The van der Waals surface area contributed by atoms with Gasteiger partial charge in [-0.2, -0.15) is 8.78 Å². The minimum absolute atomic E-state index is 0.471. The van der Waals surface area contributed by atoms with Gasteiger partial charge in [-0.3, -0.25) is 0 Å². The molecule has 0 aromatic heterocycles. The molecule has 0 bridgehead atoms. The predicted octanol–water partition coefficient (Wildman–Crippen LogP) is 2.31. The molecule has 1 aromatic rings. The van der Waals surface area contributed by atoms with Crippen LogP contribution < -0.4 is 9.84 Å². The molecule has 21 heavy (non-hydrogen) atoms. The summed E-state index contributed by atoms with van der Waals surface area (Å²) in [6, 6.07) is 0.471. The number of benzene rings is 1. The SMILES string of the molecule is CCCC[Si](C)(C)c1c(F)c(F)c(OB(O)O)c(F)c1F. The second kappa shape index (κ2) is 6.80. The minimum Gasteiger partial charge on any atom is -0.507 e.